The van der Waals surface area contributed by atoms with Crippen molar-refractivity contribution in [3.8, 4) is 0 Å². The number of hydrogen-bond acceptors (Lipinski definition) is 3. The quantitative estimate of drug-likeness (QED) is 0.289. The van der Waals surface area contributed by atoms with Crippen molar-refractivity contribution in [2.75, 3.05) is 30.3 Å². The maximum Gasteiger partial charge on any atom is 0.191 e. The Morgan fingerprint density at radius 3 is 2.48 bits per heavy atom. The van der Waals surface area contributed by atoms with Gasteiger partial charge in [0.25, 0.3) is 0 Å². The van der Waals surface area contributed by atoms with Gasteiger partial charge in [0.1, 0.15) is 0 Å². The van der Waals surface area contributed by atoms with E-state index in [1.54, 1.807) is 0 Å². The zero-order chi connectivity index (χ0) is 21.3. The number of halogens is 1. The number of aliphatic imine (C=N–C) groups is 1. The standard InChI is InChI=1S/C24H40N4OS.HI/c1-4-25-24(27-21-7-6-8-23(17-21)30(29)5-2)26-18-20-9-11-22(12-10-20)28-15-13-19(3)14-16-28;/h9-12,19,21,23H,4-8,13-18H2,1-3H3,(H2,25,26,27);1H. The Hall–Kier alpha value is -0.830. The minimum absolute atomic E-state index is 0. The van der Waals surface area contributed by atoms with Crippen molar-refractivity contribution in [3.63, 3.8) is 0 Å². The highest BCUT2D eigenvalue weighted by molar-refractivity contribution is 14.0. The van der Waals surface area contributed by atoms with E-state index in [1.165, 1.54) is 37.2 Å². The third-order valence-corrected chi connectivity index (χ3v) is 8.21. The van der Waals surface area contributed by atoms with Crippen LogP contribution in [0.4, 0.5) is 5.69 Å². The number of rotatable bonds is 7. The second kappa shape index (κ2) is 13.7. The van der Waals surface area contributed by atoms with Crippen LogP contribution in [-0.4, -0.2) is 46.8 Å². The first-order chi connectivity index (χ1) is 14.6. The van der Waals surface area contributed by atoms with Crippen molar-refractivity contribution in [3.05, 3.63) is 29.8 Å². The minimum atomic E-state index is -0.697. The number of piperidine rings is 1. The van der Waals surface area contributed by atoms with Gasteiger partial charge in [-0.15, -0.1) is 24.0 Å². The Labute approximate surface area is 208 Å². The molecule has 0 aromatic heterocycles. The Balaban J connectivity index is 0.00000341. The van der Waals surface area contributed by atoms with Gasteiger partial charge in [0.05, 0.1) is 6.54 Å². The first-order valence-corrected chi connectivity index (χ1v) is 13.2. The van der Waals surface area contributed by atoms with Gasteiger partial charge in [-0.25, -0.2) is 4.99 Å². The molecule has 7 heteroatoms. The van der Waals surface area contributed by atoms with Gasteiger partial charge in [-0.3, -0.25) is 4.21 Å². The van der Waals surface area contributed by atoms with E-state index in [0.29, 0.717) is 17.8 Å². The molecule has 3 atom stereocenters. The molecule has 5 nitrogen and oxygen atoms in total. The van der Waals surface area contributed by atoms with Crippen molar-refractivity contribution in [2.24, 2.45) is 10.9 Å². The highest BCUT2D eigenvalue weighted by Crippen LogP contribution is 2.24. The summed E-state index contributed by atoms with van der Waals surface area (Å²) in [6.07, 6.45) is 6.92. The van der Waals surface area contributed by atoms with Crippen LogP contribution in [0.3, 0.4) is 0 Å². The third kappa shape index (κ3) is 8.22. The average molecular weight is 561 g/mol. The van der Waals surface area contributed by atoms with Crippen LogP contribution in [0.25, 0.3) is 0 Å². The van der Waals surface area contributed by atoms with Gasteiger partial charge in [-0.05, 0) is 62.6 Å². The molecule has 1 aliphatic heterocycles. The van der Waals surface area contributed by atoms with Gasteiger partial charge in [0.2, 0.25) is 0 Å². The van der Waals surface area contributed by atoms with Crippen LogP contribution < -0.4 is 15.5 Å². The van der Waals surface area contributed by atoms with Crippen molar-refractivity contribution in [2.45, 2.75) is 77.1 Å². The average Bonchev–Trinajstić information content (AvgIpc) is 2.78. The number of nitrogens with one attached hydrogen (secondary N) is 2. The largest absolute Gasteiger partial charge is 0.372 e. The van der Waals surface area contributed by atoms with E-state index in [0.717, 1.165) is 49.9 Å². The van der Waals surface area contributed by atoms with Gasteiger partial charge < -0.3 is 15.5 Å². The van der Waals surface area contributed by atoms with Crippen LogP contribution in [0.2, 0.25) is 0 Å². The Bertz CT molecular complexity index is 704. The van der Waals surface area contributed by atoms with Crippen LogP contribution in [0.5, 0.6) is 0 Å². The van der Waals surface area contributed by atoms with Crippen LogP contribution in [0, 0.1) is 5.92 Å². The van der Waals surface area contributed by atoms with Crippen molar-refractivity contribution in [1.29, 1.82) is 0 Å². The van der Waals surface area contributed by atoms with Crippen molar-refractivity contribution < 1.29 is 4.21 Å². The molecule has 1 aromatic rings. The lowest BCUT2D eigenvalue weighted by atomic mass is 9.95. The van der Waals surface area contributed by atoms with E-state index < -0.39 is 10.8 Å². The number of nitrogens with zero attached hydrogens (tertiary/aromatic N) is 2. The molecule has 0 radical (unpaired) electrons. The van der Waals surface area contributed by atoms with E-state index in [2.05, 4.69) is 53.6 Å². The molecule has 0 spiro atoms. The summed E-state index contributed by atoms with van der Waals surface area (Å²) in [5, 5.41) is 7.31. The predicted molar refractivity (Wildman–Crippen MR) is 145 cm³/mol. The van der Waals surface area contributed by atoms with Crippen LogP contribution in [-0.2, 0) is 17.3 Å². The molecule has 0 amide bonds. The molecule has 1 aliphatic carbocycles. The Morgan fingerprint density at radius 1 is 1.13 bits per heavy atom. The zero-order valence-corrected chi connectivity index (χ0v) is 22.6. The summed E-state index contributed by atoms with van der Waals surface area (Å²) in [7, 11) is -0.697. The molecule has 2 aliphatic rings. The minimum Gasteiger partial charge on any atom is -0.372 e. The molecule has 176 valence electrons. The molecule has 1 aromatic carbocycles. The molecule has 3 unspecified atom stereocenters. The molecule has 1 heterocycles. The molecule has 31 heavy (non-hydrogen) atoms. The first-order valence-electron chi connectivity index (χ1n) is 11.8. The van der Waals surface area contributed by atoms with E-state index in [-0.39, 0.29) is 24.0 Å². The summed E-state index contributed by atoms with van der Waals surface area (Å²) < 4.78 is 12.2. The summed E-state index contributed by atoms with van der Waals surface area (Å²) in [5.74, 6) is 2.49. The monoisotopic (exact) mass is 560 g/mol. The first kappa shape index (κ1) is 26.4. The van der Waals surface area contributed by atoms with E-state index in [1.807, 2.05) is 6.92 Å². The molecule has 1 saturated heterocycles. The fourth-order valence-corrected chi connectivity index (χ4v) is 5.86. The second-order valence-electron chi connectivity index (χ2n) is 8.83. The summed E-state index contributed by atoms with van der Waals surface area (Å²) >= 11 is 0. The van der Waals surface area contributed by atoms with Gasteiger partial charge in [-0.2, -0.15) is 0 Å². The van der Waals surface area contributed by atoms with Crippen molar-refractivity contribution in [1.82, 2.24) is 10.6 Å². The molecule has 2 N–H and O–H groups in total. The summed E-state index contributed by atoms with van der Waals surface area (Å²) in [6.45, 7) is 10.3. The zero-order valence-electron chi connectivity index (χ0n) is 19.4. The summed E-state index contributed by atoms with van der Waals surface area (Å²) in [4.78, 5) is 7.32. The lowest BCUT2D eigenvalue weighted by Crippen LogP contribution is -2.46. The van der Waals surface area contributed by atoms with Gasteiger partial charge in [-0.1, -0.05) is 32.4 Å². The number of anilines is 1. The lowest BCUT2D eigenvalue weighted by molar-refractivity contribution is 0.413. The molecular weight excluding hydrogens is 519 g/mol. The molecule has 1 saturated carbocycles. The Kier molecular flexibility index (Phi) is 11.6. The maximum atomic E-state index is 12.2. The highest BCUT2D eigenvalue weighted by atomic mass is 127. The van der Waals surface area contributed by atoms with Gasteiger partial charge in [0.15, 0.2) is 5.96 Å². The fraction of sp³-hybridized carbons (Fsp3) is 0.708. The lowest BCUT2D eigenvalue weighted by Gasteiger charge is -2.32. The fourth-order valence-electron chi connectivity index (χ4n) is 4.51. The number of guanidine groups is 1. The molecule has 0 bridgehead atoms. The van der Waals surface area contributed by atoms with Crippen LogP contribution in [0.1, 0.15) is 64.9 Å². The molecule has 2 fully saturated rings. The predicted octanol–water partition coefficient (Wildman–Crippen LogP) is 4.68. The highest BCUT2D eigenvalue weighted by Gasteiger charge is 2.26. The third-order valence-electron chi connectivity index (χ3n) is 6.47. The Morgan fingerprint density at radius 2 is 1.84 bits per heavy atom. The van der Waals surface area contributed by atoms with Gasteiger partial charge in [0, 0.05) is 53.2 Å². The second-order valence-corrected chi connectivity index (χ2v) is 10.8. The van der Waals surface area contributed by atoms with E-state index in [4.69, 9.17) is 4.99 Å². The van der Waals surface area contributed by atoms with E-state index in [9.17, 15) is 4.21 Å². The summed E-state index contributed by atoms with van der Waals surface area (Å²) in [6, 6.07) is 9.27. The van der Waals surface area contributed by atoms with Gasteiger partial charge >= 0.3 is 0 Å². The molecular formula is C24H41IN4OS. The molecule has 3 rings (SSSR count). The SMILES string of the molecule is CCNC(=NCc1ccc(N2CCC(C)CC2)cc1)NC1CCCC(S(=O)CC)C1.I. The van der Waals surface area contributed by atoms with Crippen molar-refractivity contribution >= 4 is 46.4 Å². The maximum absolute atomic E-state index is 12.2. The normalized spacial score (nSPS) is 23.7. The topological polar surface area (TPSA) is 56.7 Å². The number of hydrogen-bond donors (Lipinski definition) is 2. The smallest absolute Gasteiger partial charge is 0.191 e. The number of benzene rings is 1. The summed E-state index contributed by atoms with van der Waals surface area (Å²) in [5.41, 5.74) is 2.56. The van der Waals surface area contributed by atoms with Crippen LogP contribution in [0.15, 0.2) is 29.3 Å². The van der Waals surface area contributed by atoms with Crippen LogP contribution >= 0.6 is 24.0 Å². The van der Waals surface area contributed by atoms with E-state index >= 15 is 0 Å².